The van der Waals surface area contributed by atoms with Crippen LogP contribution in [0.15, 0.2) is 53.8 Å². The predicted octanol–water partition coefficient (Wildman–Crippen LogP) is 3.22. The van der Waals surface area contributed by atoms with Gasteiger partial charge in [0.05, 0.1) is 11.7 Å². The average Bonchev–Trinajstić information content (AvgIpc) is 2.83. The number of carbonyl (C=O) groups is 1. The fraction of sp³-hybridized carbons (Fsp3) is 0.400. The van der Waals surface area contributed by atoms with E-state index in [1.807, 2.05) is 55.3 Å². The van der Waals surface area contributed by atoms with E-state index >= 15 is 0 Å². The van der Waals surface area contributed by atoms with Gasteiger partial charge < -0.3 is 14.4 Å². The highest BCUT2D eigenvalue weighted by atomic mass is 16.2. The van der Waals surface area contributed by atoms with E-state index in [1.54, 1.807) is 23.0 Å². The van der Waals surface area contributed by atoms with Crippen LogP contribution in [0.25, 0.3) is 11.1 Å². The molecule has 4 heterocycles. The van der Waals surface area contributed by atoms with Crippen LogP contribution in [0, 0.1) is 6.92 Å². The molecule has 1 atom stereocenters. The van der Waals surface area contributed by atoms with E-state index in [1.165, 1.54) is 6.07 Å². The zero-order valence-corrected chi connectivity index (χ0v) is 19.4. The summed E-state index contributed by atoms with van der Waals surface area (Å²) in [5.74, 6) is 0.659. The second kappa shape index (κ2) is 9.94. The summed E-state index contributed by atoms with van der Waals surface area (Å²) in [5.41, 5.74) is 3.77. The predicted molar refractivity (Wildman–Crippen MR) is 128 cm³/mol. The first-order valence-electron chi connectivity index (χ1n) is 11.4. The van der Waals surface area contributed by atoms with Crippen LogP contribution in [0.5, 0.6) is 0 Å². The smallest absolute Gasteiger partial charge is 0.250 e. The molecular weight excluding hydrogens is 416 g/mol. The molecule has 8 nitrogen and oxygen atoms in total. The van der Waals surface area contributed by atoms with E-state index in [4.69, 9.17) is 4.98 Å². The summed E-state index contributed by atoms with van der Waals surface area (Å²) in [6.45, 7) is 3.07. The fourth-order valence-electron chi connectivity index (χ4n) is 4.36. The van der Waals surface area contributed by atoms with Gasteiger partial charge in [-0.25, -0.2) is 9.97 Å². The van der Waals surface area contributed by atoms with E-state index in [2.05, 4.69) is 9.97 Å². The van der Waals surface area contributed by atoms with E-state index in [0.29, 0.717) is 19.0 Å². The minimum Gasteiger partial charge on any atom is -0.347 e. The third kappa shape index (κ3) is 4.94. The quantitative estimate of drug-likeness (QED) is 0.578. The lowest BCUT2D eigenvalue weighted by Crippen LogP contribution is -2.40. The Kier molecular flexibility index (Phi) is 6.82. The lowest BCUT2D eigenvalue weighted by Gasteiger charge is -2.36. The molecule has 1 aliphatic heterocycles. The topological polar surface area (TPSA) is 84.2 Å². The van der Waals surface area contributed by atoms with Crippen molar-refractivity contribution in [1.82, 2.24) is 24.4 Å². The first-order valence-corrected chi connectivity index (χ1v) is 11.4. The monoisotopic (exact) mass is 446 g/mol. The first kappa shape index (κ1) is 22.6. The van der Waals surface area contributed by atoms with Crippen LogP contribution in [0.3, 0.4) is 0 Å². The van der Waals surface area contributed by atoms with Crippen molar-refractivity contribution in [2.24, 2.45) is 0 Å². The third-order valence-electron chi connectivity index (χ3n) is 6.12. The molecule has 3 aromatic rings. The second-order valence-electron chi connectivity index (χ2n) is 8.63. The number of hydrogen-bond donors (Lipinski definition) is 0. The number of aromatic nitrogens is 4. The highest BCUT2D eigenvalue weighted by Gasteiger charge is 2.31. The molecule has 0 spiro atoms. The van der Waals surface area contributed by atoms with Gasteiger partial charge in [-0.1, -0.05) is 6.07 Å². The Hall–Kier alpha value is -3.55. The Labute approximate surface area is 193 Å². The molecule has 0 radical (unpaired) electrons. The maximum absolute atomic E-state index is 13.3. The Balaban J connectivity index is 1.68. The Morgan fingerprint density at radius 1 is 1.15 bits per heavy atom. The molecule has 0 saturated carbocycles. The fourth-order valence-corrected chi connectivity index (χ4v) is 4.36. The van der Waals surface area contributed by atoms with E-state index in [0.717, 1.165) is 41.6 Å². The van der Waals surface area contributed by atoms with E-state index in [9.17, 15) is 9.59 Å². The van der Waals surface area contributed by atoms with Gasteiger partial charge >= 0.3 is 0 Å². The van der Waals surface area contributed by atoms with Crippen molar-refractivity contribution in [2.45, 2.75) is 45.2 Å². The summed E-state index contributed by atoms with van der Waals surface area (Å²) in [6, 6.07) is 6.87. The van der Waals surface area contributed by atoms with E-state index in [-0.39, 0.29) is 23.9 Å². The number of anilines is 1. The average molecular weight is 447 g/mol. The normalized spacial score (nSPS) is 16.0. The third-order valence-corrected chi connectivity index (χ3v) is 6.12. The van der Waals surface area contributed by atoms with Crippen molar-refractivity contribution in [3.05, 3.63) is 70.7 Å². The molecule has 172 valence electrons. The van der Waals surface area contributed by atoms with Crippen molar-refractivity contribution in [2.75, 3.05) is 25.5 Å². The number of piperidine rings is 1. The van der Waals surface area contributed by atoms with Gasteiger partial charge in [-0.3, -0.25) is 14.6 Å². The molecule has 1 saturated heterocycles. The Morgan fingerprint density at radius 3 is 2.76 bits per heavy atom. The lowest BCUT2D eigenvalue weighted by molar-refractivity contribution is -0.135. The van der Waals surface area contributed by atoms with Crippen LogP contribution >= 0.6 is 0 Å². The molecule has 33 heavy (non-hydrogen) atoms. The molecular formula is C25H30N6O2. The van der Waals surface area contributed by atoms with Gasteiger partial charge in [-0.05, 0) is 49.4 Å². The minimum atomic E-state index is -0.136. The minimum absolute atomic E-state index is 0.0397. The summed E-state index contributed by atoms with van der Waals surface area (Å²) in [7, 11) is 3.83. The number of hydrogen-bond acceptors (Lipinski definition) is 6. The van der Waals surface area contributed by atoms with Crippen molar-refractivity contribution in [1.29, 1.82) is 0 Å². The van der Waals surface area contributed by atoms with Crippen LogP contribution in [-0.2, 0) is 11.3 Å². The molecule has 8 heteroatoms. The van der Waals surface area contributed by atoms with Crippen molar-refractivity contribution in [3.8, 4) is 11.1 Å². The van der Waals surface area contributed by atoms with Gasteiger partial charge in [0.2, 0.25) is 11.9 Å². The lowest BCUT2D eigenvalue weighted by atomic mass is 9.92. The molecule has 0 aliphatic carbocycles. The number of nitrogens with zero attached hydrogens (tertiary/aromatic N) is 6. The van der Waals surface area contributed by atoms with Gasteiger partial charge in [0, 0.05) is 70.0 Å². The highest BCUT2D eigenvalue weighted by molar-refractivity contribution is 5.78. The van der Waals surface area contributed by atoms with Gasteiger partial charge in [0.1, 0.15) is 0 Å². The number of pyridine rings is 2. The van der Waals surface area contributed by atoms with Gasteiger partial charge in [-0.2, -0.15) is 0 Å². The van der Waals surface area contributed by atoms with E-state index < -0.39 is 0 Å². The Morgan fingerprint density at radius 2 is 2.00 bits per heavy atom. The van der Waals surface area contributed by atoms with Gasteiger partial charge in [0.25, 0.3) is 5.56 Å². The number of amides is 1. The zero-order chi connectivity index (χ0) is 23.4. The molecule has 1 amide bonds. The molecule has 1 fully saturated rings. The molecule has 3 aromatic heterocycles. The summed E-state index contributed by atoms with van der Waals surface area (Å²) < 4.78 is 1.58. The standard InChI is InChI=1S/C25H30N6O2/c1-18-16-26-12-10-19(18)20-17-27-25(29(2)3)28-24(20)21-8-4-7-14-31(21)23(33)11-15-30-13-6-5-9-22(30)32/h5-6,9-10,12-13,16-17,21H,4,7-8,11,14-15H2,1-3H3. The van der Waals surface area contributed by atoms with Crippen LogP contribution in [0.2, 0.25) is 0 Å². The molecule has 0 aromatic carbocycles. The van der Waals surface area contributed by atoms with Crippen molar-refractivity contribution in [3.63, 3.8) is 0 Å². The summed E-state index contributed by atoms with van der Waals surface area (Å²) in [6.07, 6.45) is 10.3. The number of carbonyl (C=O) groups excluding carboxylic acids is 1. The number of rotatable bonds is 6. The zero-order valence-electron chi connectivity index (χ0n) is 19.4. The van der Waals surface area contributed by atoms with Crippen molar-refractivity contribution >= 4 is 11.9 Å². The van der Waals surface area contributed by atoms with Crippen molar-refractivity contribution < 1.29 is 4.79 Å². The summed E-state index contributed by atoms with van der Waals surface area (Å²) in [5, 5.41) is 0. The van der Waals surface area contributed by atoms with Gasteiger partial charge in [-0.15, -0.1) is 0 Å². The maximum atomic E-state index is 13.3. The van der Waals surface area contributed by atoms with Gasteiger partial charge in [0.15, 0.2) is 0 Å². The highest BCUT2D eigenvalue weighted by Crippen LogP contribution is 2.37. The number of likely N-dealkylation sites (tertiary alicyclic amines) is 1. The summed E-state index contributed by atoms with van der Waals surface area (Å²) in [4.78, 5) is 42.9. The second-order valence-corrected chi connectivity index (χ2v) is 8.63. The SMILES string of the molecule is Cc1cnccc1-c1cnc(N(C)C)nc1C1CCCCN1C(=O)CCn1ccccc1=O. The number of aryl methyl sites for hydroxylation is 2. The molecule has 1 aliphatic rings. The van der Waals surface area contributed by atoms with Crippen LogP contribution in [0.4, 0.5) is 5.95 Å². The molecule has 1 unspecified atom stereocenters. The molecule has 4 rings (SSSR count). The Bertz CT molecular complexity index is 1190. The van der Waals surface area contributed by atoms with Crippen LogP contribution < -0.4 is 10.5 Å². The first-order chi connectivity index (χ1) is 16.0. The van der Waals surface area contributed by atoms with Crippen LogP contribution in [0.1, 0.15) is 43.0 Å². The molecule has 0 bridgehead atoms. The van der Waals surface area contributed by atoms with Crippen LogP contribution in [-0.4, -0.2) is 51.0 Å². The molecule has 0 N–H and O–H groups in total. The summed E-state index contributed by atoms with van der Waals surface area (Å²) >= 11 is 0. The maximum Gasteiger partial charge on any atom is 0.250 e. The largest absolute Gasteiger partial charge is 0.347 e.